The zero-order chi connectivity index (χ0) is 12.1. The first-order valence-corrected chi connectivity index (χ1v) is 6.96. The summed E-state index contributed by atoms with van der Waals surface area (Å²) in [5.41, 5.74) is 0. The van der Waals surface area contributed by atoms with Crippen molar-refractivity contribution in [1.82, 2.24) is 0 Å². The fourth-order valence-corrected chi connectivity index (χ4v) is 1.81. The molecular weight excluding hydrogens is 239 g/mol. The number of unbranched alkanes of at least 4 members (excludes halogenated alkanes) is 8. The van der Waals surface area contributed by atoms with E-state index >= 15 is 0 Å². The maximum Gasteiger partial charge on any atom is 0.305 e. The molecule has 0 heterocycles. The Morgan fingerprint density at radius 2 is 1.29 bits per heavy atom. The van der Waals surface area contributed by atoms with Gasteiger partial charge in [0.2, 0.25) is 0 Å². The number of ether oxygens (including phenoxy) is 1. The van der Waals surface area contributed by atoms with Crippen LogP contribution in [0.25, 0.3) is 0 Å². The molecular formula is C14H28KO2. The summed E-state index contributed by atoms with van der Waals surface area (Å²) in [5.74, 6) is -0.0366. The predicted molar refractivity (Wildman–Crippen MR) is 74.2 cm³/mol. The molecule has 0 unspecified atom stereocenters. The van der Waals surface area contributed by atoms with Crippen LogP contribution in [0.5, 0.6) is 0 Å². The van der Waals surface area contributed by atoms with Crippen LogP contribution in [0.1, 0.15) is 78.1 Å². The summed E-state index contributed by atoms with van der Waals surface area (Å²) < 4.78 is 4.87. The molecule has 0 atom stereocenters. The van der Waals surface area contributed by atoms with Crippen LogP contribution in [-0.2, 0) is 9.53 Å². The molecule has 0 rings (SSSR count). The quantitative estimate of drug-likeness (QED) is 0.320. The van der Waals surface area contributed by atoms with E-state index in [0.717, 1.165) is 6.42 Å². The third-order valence-corrected chi connectivity index (χ3v) is 2.79. The van der Waals surface area contributed by atoms with Gasteiger partial charge in [0.1, 0.15) is 0 Å². The second-order valence-electron chi connectivity index (χ2n) is 4.38. The van der Waals surface area contributed by atoms with Crippen LogP contribution < -0.4 is 0 Å². The monoisotopic (exact) mass is 267 g/mol. The Morgan fingerprint density at radius 3 is 1.76 bits per heavy atom. The fourth-order valence-electron chi connectivity index (χ4n) is 1.81. The normalized spacial score (nSPS) is 9.76. The van der Waals surface area contributed by atoms with Gasteiger partial charge in [-0.05, 0) is 13.3 Å². The van der Waals surface area contributed by atoms with Gasteiger partial charge in [-0.3, -0.25) is 4.79 Å². The second-order valence-corrected chi connectivity index (χ2v) is 4.38. The molecule has 2 nitrogen and oxygen atoms in total. The van der Waals surface area contributed by atoms with Crippen molar-refractivity contribution in [3.63, 3.8) is 0 Å². The Balaban J connectivity index is 0. The Morgan fingerprint density at radius 1 is 0.824 bits per heavy atom. The molecule has 0 aliphatic rings. The Bertz CT molecular complexity index is 160. The van der Waals surface area contributed by atoms with Crippen molar-refractivity contribution >= 4 is 57.4 Å². The number of rotatable bonds is 11. The molecule has 0 saturated carbocycles. The van der Waals surface area contributed by atoms with Gasteiger partial charge >= 0.3 is 5.97 Å². The summed E-state index contributed by atoms with van der Waals surface area (Å²) >= 11 is 0. The van der Waals surface area contributed by atoms with E-state index in [1.54, 1.807) is 0 Å². The van der Waals surface area contributed by atoms with E-state index < -0.39 is 0 Å². The van der Waals surface area contributed by atoms with Crippen LogP contribution in [0.2, 0.25) is 0 Å². The summed E-state index contributed by atoms with van der Waals surface area (Å²) in [7, 11) is 0. The van der Waals surface area contributed by atoms with Crippen LogP contribution in [0, 0.1) is 0 Å². The van der Waals surface area contributed by atoms with Gasteiger partial charge < -0.3 is 4.74 Å². The predicted octanol–water partition coefficient (Wildman–Crippen LogP) is 4.09. The Hall–Kier alpha value is 1.11. The topological polar surface area (TPSA) is 26.3 Å². The molecule has 0 saturated heterocycles. The van der Waals surface area contributed by atoms with E-state index in [4.69, 9.17) is 4.74 Å². The summed E-state index contributed by atoms with van der Waals surface area (Å²) in [6.45, 7) is 4.61. The van der Waals surface area contributed by atoms with E-state index in [0.29, 0.717) is 13.0 Å². The molecule has 0 aliphatic carbocycles. The van der Waals surface area contributed by atoms with Crippen LogP contribution in [-0.4, -0.2) is 64.0 Å². The molecule has 0 aromatic heterocycles. The minimum absolute atomic E-state index is 0. The standard InChI is InChI=1S/C14H28O2.K/c1-3-5-6-7-8-9-10-11-12-13-14(15)16-4-2;/h3-13H2,1-2H3;. The number of hydrogen-bond acceptors (Lipinski definition) is 2. The average molecular weight is 267 g/mol. The molecule has 0 aromatic rings. The second kappa shape index (κ2) is 17.1. The zero-order valence-corrected chi connectivity index (χ0v) is 15.2. The van der Waals surface area contributed by atoms with E-state index in [-0.39, 0.29) is 57.4 Å². The van der Waals surface area contributed by atoms with Gasteiger partial charge in [-0.2, -0.15) is 0 Å². The SMILES string of the molecule is CCCCCCCCCCCC(=O)OCC.[K]. The molecule has 0 fully saturated rings. The smallest absolute Gasteiger partial charge is 0.305 e. The van der Waals surface area contributed by atoms with Crippen molar-refractivity contribution in [3.8, 4) is 0 Å². The van der Waals surface area contributed by atoms with Gasteiger partial charge in [0.15, 0.2) is 0 Å². The van der Waals surface area contributed by atoms with E-state index in [1.807, 2.05) is 6.92 Å². The van der Waals surface area contributed by atoms with Gasteiger partial charge in [-0.25, -0.2) is 0 Å². The number of carbonyl (C=O) groups excluding carboxylic acids is 1. The average Bonchev–Trinajstić information content (AvgIpc) is 2.27. The van der Waals surface area contributed by atoms with E-state index in [1.165, 1.54) is 51.4 Å². The number of esters is 1. The van der Waals surface area contributed by atoms with Crippen LogP contribution in [0.15, 0.2) is 0 Å². The Labute approximate surface area is 150 Å². The van der Waals surface area contributed by atoms with Crippen molar-refractivity contribution in [1.29, 1.82) is 0 Å². The van der Waals surface area contributed by atoms with Crippen molar-refractivity contribution in [2.75, 3.05) is 6.61 Å². The van der Waals surface area contributed by atoms with Gasteiger partial charge in [-0.1, -0.05) is 58.3 Å². The molecule has 0 N–H and O–H groups in total. The van der Waals surface area contributed by atoms with Crippen molar-refractivity contribution < 1.29 is 9.53 Å². The molecule has 3 heteroatoms. The first kappa shape index (κ1) is 20.4. The molecule has 1 radical (unpaired) electrons. The van der Waals surface area contributed by atoms with Crippen LogP contribution in [0.4, 0.5) is 0 Å². The van der Waals surface area contributed by atoms with Crippen LogP contribution >= 0.6 is 0 Å². The van der Waals surface area contributed by atoms with Crippen molar-refractivity contribution in [2.45, 2.75) is 78.1 Å². The van der Waals surface area contributed by atoms with Gasteiger partial charge in [0, 0.05) is 57.8 Å². The minimum Gasteiger partial charge on any atom is -0.466 e. The summed E-state index contributed by atoms with van der Waals surface area (Å²) in [5, 5.41) is 0. The number of hydrogen-bond donors (Lipinski definition) is 0. The molecule has 0 amide bonds. The summed E-state index contributed by atoms with van der Waals surface area (Å²) in [4.78, 5) is 11.0. The fraction of sp³-hybridized carbons (Fsp3) is 0.929. The van der Waals surface area contributed by atoms with Crippen molar-refractivity contribution in [2.24, 2.45) is 0 Å². The first-order valence-electron chi connectivity index (χ1n) is 6.96. The van der Waals surface area contributed by atoms with E-state index in [2.05, 4.69) is 6.92 Å². The maximum atomic E-state index is 11.0. The number of carbonyl (C=O) groups is 1. The summed E-state index contributed by atoms with van der Waals surface area (Å²) in [6, 6.07) is 0. The molecule has 0 aromatic carbocycles. The summed E-state index contributed by atoms with van der Waals surface area (Å²) in [6.07, 6.45) is 12.2. The third kappa shape index (κ3) is 17.1. The minimum atomic E-state index is -0.0366. The molecule has 17 heavy (non-hydrogen) atoms. The molecule has 97 valence electrons. The van der Waals surface area contributed by atoms with Crippen molar-refractivity contribution in [3.05, 3.63) is 0 Å². The first-order chi connectivity index (χ1) is 7.81. The van der Waals surface area contributed by atoms with Gasteiger partial charge in [0.05, 0.1) is 6.61 Å². The van der Waals surface area contributed by atoms with Crippen LogP contribution in [0.3, 0.4) is 0 Å². The molecule has 0 spiro atoms. The largest absolute Gasteiger partial charge is 0.466 e. The van der Waals surface area contributed by atoms with E-state index in [9.17, 15) is 4.79 Å². The molecule has 0 bridgehead atoms. The Kier molecular flexibility index (Phi) is 20.6. The molecule has 0 aliphatic heterocycles. The maximum absolute atomic E-state index is 11.0. The van der Waals surface area contributed by atoms with Gasteiger partial charge in [0.25, 0.3) is 0 Å². The van der Waals surface area contributed by atoms with Gasteiger partial charge in [-0.15, -0.1) is 0 Å². The third-order valence-electron chi connectivity index (χ3n) is 2.79. The zero-order valence-electron chi connectivity index (χ0n) is 12.1.